The molecule has 0 fully saturated rings. The Bertz CT molecular complexity index is 877. The predicted molar refractivity (Wildman–Crippen MR) is 72.2 cm³/mol. The number of aromatic nitrogens is 1. The van der Waals surface area contributed by atoms with E-state index in [4.69, 9.17) is 19.5 Å². The summed E-state index contributed by atoms with van der Waals surface area (Å²) in [6, 6.07) is 11.6. The second-order valence-electron chi connectivity index (χ2n) is 4.16. The van der Waals surface area contributed by atoms with Gasteiger partial charge in [-0.05, 0) is 18.2 Å². The Balaban J connectivity index is 2.08. The normalized spacial score (nSPS) is 10.2. The highest BCUT2D eigenvalue weighted by molar-refractivity contribution is 5.88. The SMILES string of the molecule is N#Cc1oc2ccccc2c1Oc1cc(C(=O)O)ccn1. The zero-order valence-electron chi connectivity index (χ0n) is 10.6. The van der Waals surface area contributed by atoms with Crippen LogP contribution in [0.4, 0.5) is 0 Å². The molecule has 102 valence electrons. The molecule has 0 amide bonds. The predicted octanol–water partition coefficient (Wildman–Crippen LogP) is 3.19. The average Bonchev–Trinajstić information content (AvgIpc) is 2.86. The summed E-state index contributed by atoms with van der Waals surface area (Å²) in [5.74, 6) is -0.764. The number of aromatic carboxylic acids is 1. The number of carboxylic acid groups (broad SMARTS) is 1. The first-order valence-electron chi connectivity index (χ1n) is 5.98. The van der Waals surface area contributed by atoms with Crippen LogP contribution in [-0.2, 0) is 0 Å². The van der Waals surface area contributed by atoms with E-state index >= 15 is 0 Å². The van der Waals surface area contributed by atoms with Gasteiger partial charge in [-0.1, -0.05) is 12.1 Å². The number of rotatable bonds is 3. The van der Waals surface area contributed by atoms with Gasteiger partial charge in [-0.3, -0.25) is 0 Å². The Morgan fingerprint density at radius 3 is 2.90 bits per heavy atom. The van der Waals surface area contributed by atoms with Crippen molar-refractivity contribution in [1.29, 1.82) is 5.26 Å². The molecule has 21 heavy (non-hydrogen) atoms. The summed E-state index contributed by atoms with van der Waals surface area (Å²) in [6.07, 6.45) is 1.33. The summed E-state index contributed by atoms with van der Waals surface area (Å²) in [4.78, 5) is 14.9. The molecule has 6 nitrogen and oxygen atoms in total. The van der Waals surface area contributed by atoms with Crippen LogP contribution in [-0.4, -0.2) is 16.1 Å². The van der Waals surface area contributed by atoms with Crippen LogP contribution in [0.5, 0.6) is 11.6 Å². The van der Waals surface area contributed by atoms with Crippen LogP contribution >= 0.6 is 0 Å². The highest BCUT2D eigenvalue weighted by Crippen LogP contribution is 2.35. The quantitative estimate of drug-likeness (QED) is 0.791. The molecular formula is C15H8N2O4. The minimum Gasteiger partial charge on any atom is -0.478 e. The van der Waals surface area contributed by atoms with Crippen molar-refractivity contribution in [3.8, 4) is 17.7 Å². The number of hydrogen-bond acceptors (Lipinski definition) is 5. The van der Waals surface area contributed by atoms with Gasteiger partial charge in [0.05, 0.1) is 10.9 Å². The topological polar surface area (TPSA) is 96.3 Å². The lowest BCUT2D eigenvalue weighted by Gasteiger charge is -2.03. The summed E-state index contributed by atoms with van der Waals surface area (Å²) in [5, 5.41) is 18.7. The molecule has 0 unspecified atom stereocenters. The second-order valence-corrected chi connectivity index (χ2v) is 4.16. The third-order valence-corrected chi connectivity index (χ3v) is 2.84. The molecule has 0 saturated carbocycles. The zero-order chi connectivity index (χ0) is 14.8. The molecule has 0 atom stereocenters. The molecule has 0 aliphatic rings. The van der Waals surface area contributed by atoms with Crippen molar-refractivity contribution >= 4 is 16.9 Å². The van der Waals surface area contributed by atoms with Crippen molar-refractivity contribution in [2.24, 2.45) is 0 Å². The molecule has 2 heterocycles. The van der Waals surface area contributed by atoms with Gasteiger partial charge >= 0.3 is 5.97 Å². The van der Waals surface area contributed by atoms with E-state index in [9.17, 15) is 4.79 Å². The Morgan fingerprint density at radius 1 is 1.33 bits per heavy atom. The van der Waals surface area contributed by atoms with Gasteiger partial charge in [-0.15, -0.1) is 0 Å². The number of furan rings is 1. The van der Waals surface area contributed by atoms with E-state index in [2.05, 4.69) is 4.98 Å². The van der Waals surface area contributed by atoms with Gasteiger partial charge in [-0.2, -0.15) is 5.26 Å². The van der Waals surface area contributed by atoms with E-state index < -0.39 is 5.97 Å². The van der Waals surface area contributed by atoms with E-state index in [-0.39, 0.29) is 23.0 Å². The number of benzene rings is 1. The fourth-order valence-electron chi connectivity index (χ4n) is 1.90. The molecule has 2 aromatic heterocycles. The van der Waals surface area contributed by atoms with Crippen molar-refractivity contribution in [2.45, 2.75) is 0 Å². The molecule has 3 rings (SSSR count). The minimum absolute atomic E-state index is 0.0127. The van der Waals surface area contributed by atoms with Gasteiger partial charge in [0.15, 0.2) is 5.75 Å². The highest BCUT2D eigenvalue weighted by Gasteiger charge is 2.17. The number of nitrogens with zero attached hydrogens (tertiary/aromatic N) is 2. The largest absolute Gasteiger partial charge is 0.478 e. The van der Waals surface area contributed by atoms with E-state index in [0.717, 1.165) is 0 Å². The van der Waals surface area contributed by atoms with Crippen molar-refractivity contribution in [1.82, 2.24) is 4.98 Å². The van der Waals surface area contributed by atoms with Gasteiger partial charge in [-0.25, -0.2) is 9.78 Å². The molecule has 1 aromatic carbocycles. The number of fused-ring (bicyclic) bond motifs is 1. The third kappa shape index (κ3) is 2.28. The van der Waals surface area contributed by atoms with Gasteiger partial charge in [0.1, 0.15) is 11.7 Å². The van der Waals surface area contributed by atoms with E-state index in [1.807, 2.05) is 6.07 Å². The Labute approximate surface area is 118 Å². The molecular weight excluding hydrogens is 272 g/mol. The van der Waals surface area contributed by atoms with Gasteiger partial charge < -0.3 is 14.3 Å². The number of carboxylic acids is 1. The van der Waals surface area contributed by atoms with Crippen molar-refractivity contribution < 1.29 is 19.1 Å². The van der Waals surface area contributed by atoms with Gasteiger partial charge in [0, 0.05) is 12.3 Å². The van der Waals surface area contributed by atoms with Crippen LogP contribution < -0.4 is 4.74 Å². The molecule has 6 heteroatoms. The van der Waals surface area contributed by atoms with Crippen LogP contribution in [0.15, 0.2) is 47.0 Å². The number of pyridine rings is 1. The molecule has 0 aliphatic carbocycles. The molecule has 3 aromatic rings. The van der Waals surface area contributed by atoms with E-state index in [1.54, 1.807) is 24.3 Å². The summed E-state index contributed by atoms with van der Waals surface area (Å²) in [6.45, 7) is 0. The monoisotopic (exact) mass is 280 g/mol. The first-order valence-corrected chi connectivity index (χ1v) is 5.98. The van der Waals surface area contributed by atoms with E-state index in [0.29, 0.717) is 11.0 Å². The Kier molecular flexibility index (Phi) is 3.01. The summed E-state index contributed by atoms with van der Waals surface area (Å²) >= 11 is 0. The van der Waals surface area contributed by atoms with Crippen molar-refractivity contribution in [3.63, 3.8) is 0 Å². The first kappa shape index (κ1) is 12.7. The highest BCUT2D eigenvalue weighted by atomic mass is 16.5. The van der Waals surface area contributed by atoms with Crippen LogP contribution in [0.25, 0.3) is 11.0 Å². The van der Waals surface area contributed by atoms with Gasteiger partial charge in [0.25, 0.3) is 0 Å². The molecule has 1 N–H and O–H groups in total. The molecule has 0 saturated heterocycles. The summed E-state index contributed by atoms with van der Waals surface area (Å²) in [7, 11) is 0. The number of nitriles is 1. The maximum atomic E-state index is 10.9. The number of carbonyl (C=O) groups is 1. The maximum Gasteiger partial charge on any atom is 0.335 e. The molecule has 0 bridgehead atoms. The lowest BCUT2D eigenvalue weighted by Crippen LogP contribution is -1.97. The van der Waals surface area contributed by atoms with Crippen LogP contribution in [0.3, 0.4) is 0 Å². The zero-order valence-corrected chi connectivity index (χ0v) is 10.6. The second kappa shape index (κ2) is 4.98. The lowest BCUT2D eigenvalue weighted by atomic mass is 10.2. The first-order chi connectivity index (χ1) is 10.2. The van der Waals surface area contributed by atoms with Crippen LogP contribution in [0, 0.1) is 11.3 Å². The Hall–Kier alpha value is -3.33. The van der Waals surface area contributed by atoms with Gasteiger partial charge in [0.2, 0.25) is 11.6 Å². The summed E-state index contributed by atoms with van der Waals surface area (Å²) < 4.78 is 10.9. The minimum atomic E-state index is -1.08. The third-order valence-electron chi connectivity index (χ3n) is 2.84. The number of hydrogen-bond donors (Lipinski definition) is 1. The fraction of sp³-hybridized carbons (Fsp3) is 0. The number of para-hydroxylation sites is 1. The van der Waals surface area contributed by atoms with E-state index in [1.165, 1.54) is 18.3 Å². The lowest BCUT2D eigenvalue weighted by molar-refractivity contribution is 0.0696. The van der Waals surface area contributed by atoms with Crippen molar-refractivity contribution in [3.05, 3.63) is 53.9 Å². The van der Waals surface area contributed by atoms with Crippen LogP contribution in [0.1, 0.15) is 16.1 Å². The Morgan fingerprint density at radius 2 is 2.14 bits per heavy atom. The molecule has 0 spiro atoms. The number of ether oxygens (including phenoxy) is 1. The van der Waals surface area contributed by atoms with Crippen LogP contribution in [0.2, 0.25) is 0 Å². The fourth-order valence-corrected chi connectivity index (χ4v) is 1.90. The maximum absolute atomic E-state index is 10.9. The molecule has 0 radical (unpaired) electrons. The average molecular weight is 280 g/mol. The van der Waals surface area contributed by atoms with Crippen molar-refractivity contribution in [2.75, 3.05) is 0 Å². The molecule has 0 aliphatic heterocycles. The summed E-state index contributed by atoms with van der Waals surface area (Å²) in [5.41, 5.74) is 0.560. The standard InChI is InChI=1S/C15H8N2O4/c16-8-12-14(10-3-1-2-4-11(10)20-12)21-13-7-9(15(18)19)5-6-17-13/h1-7H,(H,18,19). The smallest absolute Gasteiger partial charge is 0.335 e.